The van der Waals surface area contributed by atoms with Gasteiger partial charge in [0, 0.05) is 17.3 Å². The lowest BCUT2D eigenvalue weighted by molar-refractivity contribution is 0.0690. The maximum Gasteiger partial charge on any atom is 0.354 e. The van der Waals surface area contributed by atoms with Crippen LogP contribution >= 0.6 is 0 Å². The van der Waals surface area contributed by atoms with Crippen molar-refractivity contribution < 1.29 is 9.90 Å². The third-order valence-electron chi connectivity index (χ3n) is 3.50. The van der Waals surface area contributed by atoms with Crippen molar-refractivity contribution in [1.82, 2.24) is 14.9 Å². The fraction of sp³-hybridized carbons (Fsp3) is 0.312. The van der Waals surface area contributed by atoms with E-state index in [1.165, 1.54) is 11.6 Å². The second kappa shape index (κ2) is 6.01. The first-order valence-electron chi connectivity index (χ1n) is 6.74. The van der Waals surface area contributed by atoms with Gasteiger partial charge in [-0.05, 0) is 39.6 Å². The molecular formula is C16H19N3O2. The van der Waals surface area contributed by atoms with Gasteiger partial charge in [0.2, 0.25) is 0 Å². The van der Waals surface area contributed by atoms with Crippen molar-refractivity contribution in [2.24, 2.45) is 0 Å². The van der Waals surface area contributed by atoms with Gasteiger partial charge in [0.05, 0.1) is 0 Å². The summed E-state index contributed by atoms with van der Waals surface area (Å²) in [7, 11) is 4.06. The Balaban J connectivity index is 2.37. The molecule has 110 valence electrons. The Morgan fingerprint density at radius 2 is 1.81 bits per heavy atom. The van der Waals surface area contributed by atoms with E-state index in [0.29, 0.717) is 17.6 Å². The van der Waals surface area contributed by atoms with Gasteiger partial charge in [-0.3, -0.25) is 0 Å². The van der Waals surface area contributed by atoms with Crippen LogP contribution in [0.25, 0.3) is 11.4 Å². The average molecular weight is 285 g/mol. The van der Waals surface area contributed by atoms with Crippen molar-refractivity contribution in [1.29, 1.82) is 0 Å². The summed E-state index contributed by atoms with van der Waals surface area (Å²) in [5, 5.41) is 9.06. The van der Waals surface area contributed by atoms with Gasteiger partial charge in [-0.15, -0.1) is 0 Å². The van der Waals surface area contributed by atoms with Crippen LogP contribution < -0.4 is 0 Å². The minimum atomic E-state index is -1.04. The number of benzene rings is 1. The van der Waals surface area contributed by atoms with E-state index < -0.39 is 5.97 Å². The fourth-order valence-corrected chi connectivity index (χ4v) is 2.02. The van der Waals surface area contributed by atoms with Crippen molar-refractivity contribution >= 4 is 5.97 Å². The topological polar surface area (TPSA) is 66.3 Å². The van der Waals surface area contributed by atoms with Gasteiger partial charge >= 0.3 is 5.97 Å². The van der Waals surface area contributed by atoms with Crippen molar-refractivity contribution in [3.63, 3.8) is 0 Å². The summed E-state index contributed by atoms with van der Waals surface area (Å²) in [6, 6.07) is 9.67. The van der Waals surface area contributed by atoms with E-state index in [1.807, 2.05) is 38.4 Å². The summed E-state index contributed by atoms with van der Waals surface area (Å²) in [4.78, 5) is 21.6. The Bertz CT molecular complexity index is 651. The summed E-state index contributed by atoms with van der Waals surface area (Å²) >= 11 is 0. The molecule has 0 saturated heterocycles. The van der Waals surface area contributed by atoms with Crippen LogP contribution in [0.15, 0.2) is 30.3 Å². The number of carboxylic acid groups (broad SMARTS) is 1. The highest BCUT2D eigenvalue weighted by atomic mass is 16.4. The Hall–Kier alpha value is -2.27. The van der Waals surface area contributed by atoms with Crippen LogP contribution in [0.1, 0.15) is 34.7 Å². The van der Waals surface area contributed by atoms with Crippen LogP contribution in [-0.2, 0) is 0 Å². The minimum absolute atomic E-state index is 0.0169. The molecule has 1 atom stereocenters. The second-order valence-corrected chi connectivity index (χ2v) is 5.28. The van der Waals surface area contributed by atoms with Crippen LogP contribution in [-0.4, -0.2) is 40.0 Å². The Morgan fingerprint density at radius 1 is 1.19 bits per heavy atom. The van der Waals surface area contributed by atoms with Crippen LogP contribution in [0, 0.1) is 6.92 Å². The highest BCUT2D eigenvalue weighted by molar-refractivity contribution is 5.86. The van der Waals surface area contributed by atoms with Gasteiger partial charge in [-0.2, -0.15) is 0 Å². The number of aromatic nitrogens is 2. The second-order valence-electron chi connectivity index (χ2n) is 5.28. The molecule has 2 aromatic rings. The zero-order valence-electron chi connectivity index (χ0n) is 12.7. The molecule has 0 aliphatic rings. The quantitative estimate of drug-likeness (QED) is 0.935. The molecular weight excluding hydrogens is 266 g/mol. The van der Waals surface area contributed by atoms with Gasteiger partial charge in [-0.25, -0.2) is 14.8 Å². The highest BCUT2D eigenvalue weighted by Gasteiger charge is 2.11. The number of nitrogens with zero attached hydrogens (tertiary/aromatic N) is 3. The van der Waals surface area contributed by atoms with Crippen LogP contribution in [0.5, 0.6) is 0 Å². The van der Waals surface area contributed by atoms with E-state index in [9.17, 15) is 4.79 Å². The van der Waals surface area contributed by atoms with Gasteiger partial charge in [0.25, 0.3) is 0 Å². The average Bonchev–Trinajstić information content (AvgIpc) is 2.45. The lowest BCUT2D eigenvalue weighted by atomic mass is 10.1. The molecule has 1 aromatic carbocycles. The Labute approximate surface area is 124 Å². The van der Waals surface area contributed by atoms with Gasteiger partial charge in [0.15, 0.2) is 11.5 Å². The summed E-state index contributed by atoms with van der Waals surface area (Å²) in [5.74, 6) is -0.601. The molecule has 0 amide bonds. The first-order chi connectivity index (χ1) is 9.88. The predicted octanol–water partition coefficient (Wildman–Crippen LogP) is 2.77. The third-order valence-corrected chi connectivity index (χ3v) is 3.50. The molecule has 0 aliphatic carbocycles. The molecule has 0 bridgehead atoms. The first-order valence-corrected chi connectivity index (χ1v) is 6.74. The van der Waals surface area contributed by atoms with Crippen LogP contribution in [0.4, 0.5) is 0 Å². The summed E-state index contributed by atoms with van der Waals surface area (Å²) in [6.07, 6.45) is 0. The predicted molar refractivity (Wildman–Crippen MR) is 81.3 cm³/mol. The number of hydrogen-bond donors (Lipinski definition) is 1. The lowest BCUT2D eigenvalue weighted by Gasteiger charge is -2.20. The molecule has 0 radical (unpaired) electrons. The lowest BCUT2D eigenvalue weighted by Crippen LogP contribution is -2.16. The normalized spacial score (nSPS) is 12.4. The van der Waals surface area contributed by atoms with Crippen molar-refractivity contribution in [3.8, 4) is 11.4 Å². The maximum atomic E-state index is 11.1. The molecule has 21 heavy (non-hydrogen) atoms. The van der Waals surface area contributed by atoms with E-state index in [2.05, 4.69) is 21.8 Å². The minimum Gasteiger partial charge on any atom is -0.477 e. The zero-order valence-corrected chi connectivity index (χ0v) is 12.7. The number of aromatic carboxylic acids is 1. The summed E-state index contributed by atoms with van der Waals surface area (Å²) < 4.78 is 0. The monoisotopic (exact) mass is 285 g/mol. The zero-order chi connectivity index (χ0) is 15.6. The Morgan fingerprint density at radius 3 is 2.33 bits per heavy atom. The van der Waals surface area contributed by atoms with E-state index in [0.717, 1.165) is 5.56 Å². The van der Waals surface area contributed by atoms with Crippen LogP contribution in [0.3, 0.4) is 0 Å². The summed E-state index contributed by atoms with van der Waals surface area (Å²) in [5.41, 5.74) is 2.66. The van der Waals surface area contributed by atoms with Crippen molar-refractivity contribution in [2.45, 2.75) is 19.9 Å². The third kappa shape index (κ3) is 3.44. The first kappa shape index (κ1) is 15.1. The van der Waals surface area contributed by atoms with Gasteiger partial charge in [0.1, 0.15) is 0 Å². The van der Waals surface area contributed by atoms with Crippen molar-refractivity contribution in [3.05, 3.63) is 47.3 Å². The molecule has 0 unspecified atom stereocenters. The molecule has 2 rings (SSSR count). The number of hydrogen-bond acceptors (Lipinski definition) is 4. The van der Waals surface area contributed by atoms with E-state index in [-0.39, 0.29) is 5.69 Å². The molecule has 1 N–H and O–H groups in total. The molecule has 1 heterocycles. The van der Waals surface area contributed by atoms with Crippen LogP contribution in [0.2, 0.25) is 0 Å². The highest BCUT2D eigenvalue weighted by Crippen LogP contribution is 2.22. The number of aryl methyl sites for hydroxylation is 1. The molecule has 0 saturated carbocycles. The molecule has 0 aliphatic heterocycles. The molecule has 0 fully saturated rings. The Kier molecular flexibility index (Phi) is 4.33. The van der Waals surface area contributed by atoms with E-state index in [1.54, 1.807) is 6.92 Å². The van der Waals surface area contributed by atoms with E-state index >= 15 is 0 Å². The van der Waals surface area contributed by atoms with E-state index in [4.69, 9.17) is 5.11 Å². The SMILES string of the molecule is Cc1cc(C(=O)O)nc(-c2ccc([C@@H](C)N(C)C)cc2)n1. The van der Waals surface area contributed by atoms with Gasteiger partial charge in [-0.1, -0.05) is 24.3 Å². The largest absolute Gasteiger partial charge is 0.477 e. The number of carbonyl (C=O) groups is 1. The smallest absolute Gasteiger partial charge is 0.354 e. The number of rotatable bonds is 4. The molecule has 5 nitrogen and oxygen atoms in total. The maximum absolute atomic E-state index is 11.1. The number of carboxylic acids is 1. The molecule has 1 aromatic heterocycles. The van der Waals surface area contributed by atoms with Crippen molar-refractivity contribution in [2.75, 3.05) is 14.1 Å². The molecule has 0 spiro atoms. The van der Waals surface area contributed by atoms with Gasteiger partial charge < -0.3 is 10.0 Å². The fourth-order valence-electron chi connectivity index (χ4n) is 2.02. The summed E-state index contributed by atoms with van der Waals surface area (Å²) in [6.45, 7) is 3.89. The standard InChI is InChI=1S/C16H19N3O2/c1-10-9-14(16(20)21)18-15(17-10)13-7-5-12(6-8-13)11(2)19(3)4/h5-9,11H,1-4H3,(H,20,21)/t11-/m1/s1. The molecule has 5 heteroatoms.